The van der Waals surface area contributed by atoms with Crippen LogP contribution in [-0.4, -0.2) is 37.2 Å². The van der Waals surface area contributed by atoms with Gasteiger partial charge in [0.2, 0.25) is 0 Å². The Kier molecular flexibility index (Phi) is 8.61. The molecule has 0 atom stereocenters. The molecule has 0 aromatic heterocycles. The highest BCUT2D eigenvalue weighted by molar-refractivity contribution is 9.11. The standard InChI is InChI=1S/C25H22Br2N4O3/c1-31(2)19-10-8-16(9-11-19)12-22(29-24(33)17-6-4-3-5-7-17)25(34)30-28-15-18-13-23(32)21(27)14-20(18)26/h3-15,32H,1-2H3,(H,29,33)(H,30,34)/b22-12+,28-15+. The molecule has 0 spiro atoms. The van der Waals surface area contributed by atoms with Crippen LogP contribution < -0.4 is 15.6 Å². The largest absolute Gasteiger partial charge is 0.507 e. The van der Waals surface area contributed by atoms with Crippen LogP contribution in [0.25, 0.3) is 6.08 Å². The Bertz CT molecular complexity index is 1240. The summed E-state index contributed by atoms with van der Waals surface area (Å²) in [5.41, 5.74) is 5.16. The maximum Gasteiger partial charge on any atom is 0.287 e. The Morgan fingerprint density at radius 3 is 2.29 bits per heavy atom. The summed E-state index contributed by atoms with van der Waals surface area (Å²) in [6.45, 7) is 0. The zero-order chi connectivity index (χ0) is 24.7. The Morgan fingerprint density at radius 1 is 0.971 bits per heavy atom. The summed E-state index contributed by atoms with van der Waals surface area (Å²) >= 11 is 6.61. The number of phenolic OH excluding ortho intramolecular Hbond substituents is 1. The van der Waals surface area contributed by atoms with Crippen molar-refractivity contribution in [1.29, 1.82) is 0 Å². The number of nitrogens with one attached hydrogen (secondary N) is 2. The Morgan fingerprint density at radius 2 is 1.65 bits per heavy atom. The van der Waals surface area contributed by atoms with Crippen LogP contribution in [0.15, 0.2) is 86.5 Å². The normalized spacial score (nSPS) is 11.4. The van der Waals surface area contributed by atoms with E-state index < -0.39 is 11.8 Å². The lowest BCUT2D eigenvalue weighted by atomic mass is 10.1. The molecular weight excluding hydrogens is 564 g/mol. The highest BCUT2D eigenvalue weighted by atomic mass is 79.9. The second-order valence-corrected chi connectivity index (χ2v) is 9.10. The van der Waals surface area contributed by atoms with Gasteiger partial charge in [-0.25, -0.2) is 5.43 Å². The number of hydrazone groups is 1. The molecule has 0 bridgehead atoms. The zero-order valence-electron chi connectivity index (χ0n) is 18.4. The molecule has 7 nitrogen and oxygen atoms in total. The first-order valence-corrected chi connectivity index (χ1v) is 11.7. The van der Waals surface area contributed by atoms with E-state index in [4.69, 9.17) is 0 Å². The summed E-state index contributed by atoms with van der Waals surface area (Å²) in [7, 11) is 3.87. The quantitative estimate of drug-likeness (QED) is 0.209. The van der Waals surface area contributed by atoms with Gasteiger partial charge >= 0.3 is 0 Å². The smallest absolute Gasteiger partial charge is 0.287 e. The maximum absolute atomic E-state index is 12.9. The molecule has 0 saturated heterocycles. The molecule has 0 aliphatic heterocycles. The third-order valence-electron chi connectivity index (χ3n) is 4.69. The van der Waals surface area contributed by atoms with Gasteiger partial charge in [-0.05, 0) is 64.0 Å². The molecule has 0 unspecified atom stereocenters. The first-order chi connectivity index (χ1) is 16.2. The van der Waals surface area contributed by atoms with E-state index >= 15 is 0 Å². The molecule has 0 aliphatic rings. The number of aromatic hydroxyl groups is 1. The molecule has 3 aromatic rings. The van der Waals surface area contributed by atoms with E-state index in [0.717, 1.165) is 11.3 Å². The number of carbonyl (C=O) groups is 2. The summed E-state index contributed by atoms with van der Waals surface area (Å²) in [6, 6.07) is 19.3. The van der Waals surface area contributed by atoms with Crippen LogP contribution >= 0.6 is 31.9 Å². The minimum absolute atomic E-state index is 0.0290. The fourth-order valence-corrected chi connectivity index (χ4v) is 3.95. The van der Waals surface area contributed by atoms with Crippen molar-refractivity contribution in [2.45, 2.75) is 0 Å². The van der Waals surface area contributed by atoms with Crippen molar-refractivity contribution in [2.75, 3.05) is 19.0 Å². The van der Waals surface area contributed by atoms with Gasteiger partial charge in [0.15, 0.2) is 0 Å². The fraction of sp³-hybridized carbons (Fsp3) is 0.0800. The lowest BCUT2D eigenvalue weighted by Crippen LogP contribution is -2.32. The predicted octanol–water partition coefficient (Wildman–Crippen LogP) is 4.90. The summed E-state index contributed by atoms with van der Waals surface area (Å²) in [5, 5.41) is 16.5. The van der Waals surface area contributed by atoms with E-state index in [9.17, 15) is 14.7 Å². The second-order valence-electron chi connectivity index (χ2n) is 7.39. The van der Waals surface area contributed by atoms with Crippen LogP contribution in [0.3, 0.4) is 0 Å². The zero-order valence-corrected chi connectivity index (χ0v) is 21.6. The number of carbonyl (C=O) groups excluding carboxylic acids is 2. The molecule has 0 saturated carbocycles. The molecular formula is C25H22Br2N4O3. The number of rotatable bonds is 7. The average Bonchev–Trinajstić information content (AvgIpc) is 2.82. The number of amides is 2. The van der Waals surface area contributed by atoms with Gasteiger partial charge in [0.1, 0.15) is 11.4 Å². The molecule has 0 fully saturated rings. The highest BCUT2D eigenvalue weighted by Gasteiger charge is 2.14. The molecule has 0 aliphatic carbocycles. The van der Waals surface area contributed by atoms with E-state index in [2.05, 4.69) is 47.7 Å². The molecule has 3 rings (SSSR count). The summed E-state index contributed by atoms with van der Waals surface area (Å²) in [6.07, 6.45) is 2.96. The molecule has 174 valence electrons. The van der Waals surface area contributed by atoms with Gasteiger partial charge in [-0.3, -0.25) is 9.59 Å². The number of benzene rings is 3. The summed E-state index contributed by atoms with van der Waals surface area (Å²) < 4.78 is 1.19. The van der Waals surface area contributed by atoms with Gasteiger partial charge < -0.3 is 15.3 Å². The van der Waals surface area contributed by atoms with Gasteiger partial charge in [0.25, 0.3) is 11.8 Å². The predicted molar refractivity (Wildman–Crippen MR) is 142 cm³/mol. The minimum Gasteiger partial charge on any atom is -0.507 e. The first kappa shape index (κ1) is 25.2. The SMILES string of the molecule is CN(C)c1ccc(/C=C(/NC(=O)c2ccccc2)C(=O)N/N=C/c2cc(O)c(Br)cc2Br)cc1. The third-order valence-corrected chi connectivity index (χ3v) is 6.01. The maximum atomic E-state index is 12.9. The minimum atomic E-state index is -0.602. The monoisotopic (exact) mass is 584 g/mol. The lowest BCUT2D eigenvalue weighted by Gasteiger charge is -2.12. The van der Waals surface area contributed by atoms with Crippen LogP contribution in [0.2, 0.25) is 0 Å². The van der Waals surface area contributed by atoms with Crippen LogP contribution in [0, 0.1) is 0 Å². The third kappa shape index (κ3) is 6.79. The van der Waals surface area contributed by atoms with Crippen LogP contribution in [0.4, 0.5) is 5.69 Å². The van der Waals surface area contributed by atoms with Crippen molar-refractivity contribution in [2.24, 2.45) is 5.10 Å². The summed E-state index contributed by atoms with van der Waals surface area (Å²) in [5.74, 6) is -0.987. The van der Waals surface area contributed by atoms with Gasteiger partial charge in [0.05, 0.1) is 10.7 Å². The fourth-order valence-electron chi connectivity index (χ4n) is 2.85. The molecule has 3 N–H and O–H groups in total. The van der Waals surface area contributed by atoms with Crippen molar-refractivity contribution in [3.8, 4) is 5.75 Å². The number of hydrogen-bond donors (Lipinski definition) is 3. The second kappa shape index (κ2) is 11.6. The van der Waals surface area contributed by atoms with E-state index in [1.807, 2.05) is 43.3 Å². The van der Waals surface area contributed by atoms with Gasteiger partial charge in [0, 0.05) is 35.4 Å². The molecule has 3 aromatic carbocycles. The van der Waals surface area contributed by atoms with Crippen LogP contribution in [0.5, 0.6) is 5.75 Å². The van der Waals surface area contributed by atoms with Gasteiger partial charge in [-0.1, -0.05) is 46.3 Å². The van der Waals surface area contributed by atoms with Crippen molar-refractivity contribution < 1.29 is 14.7 Å². The van der Waals surface area contributed by atoms with Crippen LogP contribution in [-0.2, 0) is 4.79 Å². The first-order valence-electron chi connectivity index (χ1n) is 10.1. The number of halogens is 2. The Labute approximate surface area is 214 Å². The van der Waals surface area contributed by atoms with Crippen molar-refractivity contribution in [1.82, 2.24) is 10.7 Å². The molecule has 2 amide bonds. The van der Waals surface area contributed by atoms with E-state index in [1.54, 1.807) is 42.5 Å². The molecule has 34 heavy (non-hydrogen) atoms. The van der Waals surface area contributed by atoms with Crippen molar-refractivity contribution in [3.05, 3.63) is 98.1 Å². The Balaban J connectivity index is 1.84. The molecule has 0 radical (unpaired) electrons. The van der Waals surface area contributed by atoms with E-state index in [0.29, 0.717) is 20.1 Å². The number of anilines is 1. The van der Waals surface area contributed by atoms with Crippen LogP contribution in [0.1, 0.15) is 21.5 Å². The number of hydrogen-bond acceptors (Lipinski definition) is 5. The highest BCUT2D eigenvalue weighted by Crippen LogP contribution is 2.29. The lowest BCUT2D eigenvalue weighted by molar-refractivity contribution is -0.117. The Hall–Kier alpha value is -3.43. The van der Waals surface area contributed by atoms with Crippen molar-refractivity contribution >= 4 is 61.7 Å². The topological polar surface area (TPSA) is 94.0 Å². The van der Waals surface area contributed by atoms with Crippen molar-refractivity contribution in [3.63, 3.8) is 0 Å². The number of nitrogens with zero attached hydrogens (tertiary/aromatic N) is 2. The molecule has 0 heterocycles. The van der Waals surface area contributed by atoms with E-state index in [1.165, 1.54) is 12.3 Å². The van der Waals surface area contributed by atoms with Gasteiger partial charge in [-0.15, -0.1) is 0 Å². The molecule has 9 heteroatoms. The summed E-state index contributed by atoms with van der Waals surface area (Å²) in [4.78, 5) is 27.6. The average molecular weight is 586 g/mol. The number of phenols is 1. The van der Waals surface area contributed by atoms with E-state index in [-0.39, 0.29) is 11.4 Å². The van der Waals surface area contributed by atoms with Gasteiger partial charge in [-0.2, -0.15) is 5.10 Å².